The largest absolute Gasteiger partial charge is 0.363 e. The summed E-state index contributed by atoms with van der Waals surface area (Å²) in [7, 11) is 0. The van der Waals surface area contributed by atoms with Crippen molar-refractivity contribution in [1.82, 2.24) is 5.32 Å². The number of hydrogen-bond donors (Lipinski definition) is 1. The predicted octanol–water partition coefficient (Wildman–Crippen LogP) is 2.65. The van der Waals surface area contributed by atoms with Gasteiger partial charge in [0.15, 0.2) is 0 Å². The van der Waals surface area contributed by atoms with E-state index in [4.69, 9.17) is 14.3 Å². The Balaban J connectivity index is 1.83. The van der Waals surface area contributed by atoms with Crippen molar-refractivity contribution in [3.8, 4) is 0 Å². The molecule has 0 aromatic heterocycles. The van der Waals surface area contributed by atoms with Crippen LogP contribution in [-0.4, -0.2) is 37.2 Å². The highest BCUT2D eigenvalue weighted by atomic mass is 16.8. The molecule has 1 aromatic rings. The molecule has 5 atom stereocenters. The van der Waals surface area contributed by atoms with Crippen LogP contribution < -0.4 is 5.32 Å². The summed E-state index contributed by atoms with van der Waals surface area (Å²) in [5, 5.41) is 7.09. The second-order valence-electron chi connectivity index (χ2n) is 6.96. The molecule has 0 saturated carbocycles. The number of rotatable bonds is 8. The van der Waals surface area contributed by atoms with E-state index in [1.165, 1.54) is 0 Å². The Kier molecular flexibility index (Phi) is 5.71. The first-order valence-electron chi connectivity index (χ1n) is 8.87. The highest BCUT2D eigenvalue weighted by Crippen LogP contribution is 2.35. The van der Waals surface area contributed by atoms with Gasteiger partial charge in [-0.15, -0.1) is 0 Å². The maximum Gasteiger partial charge on any atom is 0.235 e. The van der Waals surface area contributed by atoms with E-state index in [1.54, 1.807) is 0 Å². The maximum absolute atomic E-state index is 10.9. The molecule has 2 aliphatic heterocycles. The Morgan fingerprint density at radius 3 is 2.68 bits per heavy atom. The third kappa shape index (κ3) is 3.85. The van der Waals surface area contributed by atoms with Crippen molar-refractivity contribution in [2.24, 2.45) is 17.0 Å². The van der Waals surface area contributed by atoms with Gasteiger partial charge in [0.2, 0.25) is 12.7 Å². The molecule has 1 aromatic carbocycles. The first-order valence-corrected chi connectivity index (χ1v) is 8.87. The van der Waals surface area contributed by atoms with E-state index in [0.29, 0.717) is 13.0 Å². The molecule has 0 radical (unpaired) electrons. The summed E-state index contributed by atoms with van der Waals surface area (Å²) in [6, 6.07) is 9.77. The summed E-state index contributed by atoms with van der Waals surface area (Å²) >= 11 is 0. The lowest BCUT2D eigenvalue weighted by Gasteiger charge is -2.32. The van der Waals surface area contributed by atoms with Crippen LogP contribution in [0.1, 0.15) is 38.9 Å². The van der Waals surface area contributed by atoms with Gasteiger partial charge < -0.3 is 19.6 Å². The van der Waals surface area contributed by atoms with Crippen LogP contribution >= 0.6 is 0 Å². The van der Waals surface area contributed by atoms with Crippen LogP contribution in [-0.2, 0) is 19.1 Å². The molecule has 1 fully saturated rings. The Morgan fingerprint density at radius 2 is 2.00 bits per heavy atom. The van der Waals surface area contributed by atoms with Gasteiger partial charge in [0, 0.05) is 0 Å². The van der Waals surface area contributed by atoms with Gasteiger partial charge in [-0.1, -0.05) is 49.3 Å². The monoisotopic (exact) mass is 346 g/mol. The number of fused-ring (bicyclic) bond motifs is 1. The fourth-order valence-electron chi connectivity index (χ4n) is 3.45. The lowest BCUT2D eigenvalue weighted by atomic mass is 9.90. The van der Waals surface area contributed by atoms with Gasteiger partial charge >= 0.3 is 0 Å². The molecule has 136 valence electrons. The van der Waals surface area contributed by atoms with Gasteiger partial charge in [-0.25, -0.2) is 0 Å². The Labute approximate surface area is 148 Å². The first-order chi connectivity index (χ1) is 12.1. The molecule has 25 heavy (non-hydrogen) atoms. The summed E-state index contributed by atoms with van der Waals surface area (Å²) in [6.07, 6.45) is 0.862. The van der Waals surface area contributed by atoms with E-state index in [0.717, 1.165) is 17.7 Å². The highest BCUT2D eigenvalue weighted by molar-refractivity contribution is 5.92. The minimum atomic E-state index is -0.277. The molecular formula is C19H26N2O4. The van der Waals surface area contributed by atoms with Crippen molar-refractivity contribution in [3.63, 3.8) is 0 Å². The number of amides is 1. The lowest BCUT2D eigenvalue weighted by molar-refractivity contribution is -0.111. The minimum absolute atomic E-state index is 0.151. The number of nitrogens with zero attached hydrogens (tertiary/aromatic N) is 1. The van der Waals surface area contributed by atoms with Crippen molar-refractivity contribution in [1.29, 1.82) is 0 Å². The van der Waals surface area contributed by atoms with E-state index in [9.17, 15) is 4.79 Å². The average Bonchev–Trinajstić information content (AvgIpc) is 3.20. The minimum Gasteiger partial charge on any atom is -0.363 e. The number of carbonyl (C=O) groups excluding carboxylic acids is 1. The van der Waals surface area contributed by atoms with Gasteiger partial charge in [0.05, 0.1) is 24.3 Å². The van der Waals surface area contributed by atoms with Crippen molar-refractivity contribution >= 4 is 12.1 Å². The molecule has 2 heterocycles. The van der Waals surface area contributed by atoms with Crippen molar-refractivity contribution in [2.75, 3.05) is 6.61 Å². The Hall–Kier alpha value is -1.92. The number of carbonyl (C=O) groups is 1. The fourth-order valence-corrected chi connectivity index (χ4v) is 3.45. The van der Waals surface area contributed by atoms with Gasteiger partial charge in [-0.3, -0.25) is 4.79 Å². The zero-order chi connectivity index (χ0) is 17.8. The van der Waals surface area contributed by atoms with E-state index in [2.05, 4.69) is 24.3 Å². The summed E-state index contributed by atoms with van der Waals surface area (Å²) < 4.78 is 12.1. The average molecular weight is 346 g/mol. The molecule has 1 amide bonds. The predicted molar refractivity (Wildman–Crippen MR) is 93.9 cm³/mol. The molecule has 1 saturated heterocycles. The second kappa shape index (κ2) is 7.97. The summed E-state index contributed by atoms with van der Waals surface area (Å²) in [4.78, 5) is 16.4. The highest BCUT2D eigenvalue weighted by Gasteiger charge is 2.44. The van der Waals surface area contributed by atoms with E-state index < -0.39 is 0 Å². The van der Waals surface area contributed by atoms with Crippen molar-refractivity contribution in [3.05, 3.63) is 35.9 Å². The smallest absolute Gasteiger partial charge is 0.235 e. The lowest BCUT2D eigenvalue weighted by Crippen LogP contribution is -2.40. The summed E-state index contributed by atoms with van der Waals surface area (Å²) in [6.45, 7) is 6.84. The van der Waals surface area contributed by atoms with Crippen LogP contribution in [0.3, 0.4) is 0 Å². The number of oxime groups is 1. The van der Waals surface area contributed by atoms with Crippen molar-refractivity contribution in [2.45, 2.75) is 51.7 Å². The standard InChI is InChI=1S/C19H26N2O4/c1-12(2)17(16-15-9-10-23-19(15)25-21-16)24-18(13(3)20-11-22)14-7-5-4-6-8-14/h4-8,11-13,15,17-19H,9-10H2,1-3H3,(H,20,22)/t13-,15-,17+,18-,19+/m0/s1. The molecule has 1 N–H and O–H groups in total. The zero-order valence-electron chi connectivity index (χ0n) is 14.9. The molecular weight excluding hydrogens is 320 g/mol. The molecule has 0 spiro atoms. The number of benzene rings is 1. The second-order valence-corrected chi connectivity index (χ2v) is 6.96. The Bertz CT molecular complexity index is 605. The fraction of sp³-hybridized carbons (Fsp3) is 0.579. The van der Waals surface area contributed by atoms with Crippen LogP contribution in [0, 0.1) is 11.8 Å². The molecule has 6 heteroatoms. The quantitative estimate of drug-likeness (QED) is 0.735. The van der Waals surface area contributed by atoms with Gasteiger partial charge in [0.25, 0.3) is 0 Å². The number of nitrogens with one attached hydrogen (secondary N) is 1. The third-order valence-electron chi connectivity index (χ3n) is 4.78. The van der Waals surface area contributed by atoms with E-state index >= 15 is 0 Å². The third-order valence-corrected chi connectivity index (χ3v) is 4.78. The Morgan fingerprint density at radius 1 is 1.24 bits per heavy atom. The normalized spacial score (nSPS) is 25.7. The summed E-state index contributed by atoms with van der Waals surface area (Å²) in [5.41, 5.74) is 1.94. The van der Waals surface area contributed by atoms with Crippen LogP contribution in [0.15, 0.2) is 35.5 Å². The SMILES string of the molecule is CC(C)[C@@H](O[C@H](c1ccccc1)[C@H](C)NC=O)C1=NO[C@H]2OCC[C@@H]12. The molecule has 6 nitrogen and oxygen atoms in total. The molecule has 2 aliphatic rings. The van der Waals surface area contributed by atoms with Crippen LogP contribution in [0.5, 0.6) is 0 Å². The van der Waals surface area contributed by atoms with Gasteiger partial charge in [-0.05, 0) is 24.8 Å². The molecule has 3 rings (SSSR count). The van der Waals surface area contributed by atoms with E-state index in [1.807, 2.05) is 37.3 Å². The summed E-state index contributed by atoms with van der Waals surface area (Å²) in [5.74, 6) is 0.370. The van der Waals surface area contributed by atoms with Crippen molar-refractivity contribution < 1.29 is 19.1 Å². The topological polar surface area (TPSA) is 69.2 Å². The zero-order valence-corrected chi connectivity index (χ0v) is 14.9. The van der Waals surface area contributed by atoms with Crippen LogP contribution in [0.4, 0.5) is 0 Å². The van der Waals surface area contributed by atoms with Crippen LogP contribution in [0.25, 0.3) is 0 Å². The van der Waals surface area contributed by atoms with Gasteiger partial charge in [-0.2, -0.15) is 0 Å². The molecule has 0 bridgehead atoms. The first kappa shape index (κ1) is 17.9. The number of ether oxygens (including phenoxy) is 2. The van der Waals surface area contributed by atoms with Gasteiger partial charge in [0.1, 0.15) is 12.2 Å². The van der Waals surface area contributed by atoms with Crippen LogP contribution in [0.2, 0.25) is 0 Å². The number of hydrogen-bond acceptors (Lipinski definition) is 5. The molecule has 0 aliphatic carbocycles. The maximum atomic E-state index is 10.9. The van der Waals surface area contributed by atoms with E-state index in [-0.39, 0.29) is 36.4 Å². The molecule has 0 unspecified atom stereocenters.